The molecule has 0 N–H and O–H groups in total. The van der Waals surface area contributed by atoms with Gasteiger partial charge in [0.05, 0.1) is 11.9 Å². The van der Waals surface area contributed by atoms with E-state index in [0.29, 0.717) is 24.4 Å². The summed E-state index contributed by atoms with van der Waals surface area (Å²) in [6.07, 6.45) is 5.01. The van der Waals surface area contributed by atoms with Gasteiger partial charge in [-0.25, -0.2) is 12.7 Å². The van der Waals surface area contributed by atoms with Gasteiger partial charge in [-0.05, 0) is 36.7 Å². The number of aryl methyl sites for hydroxylation is 1. The number of Topliss-reactive ketones (excluding diaryl/α,β-unsaturated/α-hetero) is 1. The number of sulfonamides is 1. The Hall–Kier alpha value is -0.860. The summed E-state index contributed by atoms with van der Waals surface area (Å²) in [5.41, 5.74) is 0.781. The number of piperidine rings is 1. The fourth-order valence-corrected chi connectivity index (χ4v) is 4.27. The molecular weight excluding hydrogens is 310 g/mol. The molecule has 118 valence electrons. The lowest BCUT2D eigenvalue weighted by atomic mass is 9.93. The number of nitrogens with zero attached hydrogens (tertiary/aromatic N) is 3. The lowest BCUT2D eigenvalue weighted by Crippen LogP contribution is -2.39. The summed E-state index contributed by atoms with van der Waals surface area (Å²) in [6, 6.07) is 0. The SMILES string of the molecule is CCCc1nnsc1C(=O)CC1CCCN(S(C)(=O)=O)C1. The first-order valence-corrected chi connectivity index (χ1v) is 9.83. The molecule has 0 amide bonds. The standard InChI is InChI=1S/C13H21N3O3S2/c1-3-5-11-13(20-15-14-11)12(17)8-10-6-4-7-16(9-10)21(2,18)19/h10H,3-9H2,1-2H3. The number of aromatic nitrogens is 2. The highest BCUT2D eigenvalue weighted by Gasteiger charge is 2.28. The third-order valence-electron chi connectivity index (χ3n) is 3.72. The maximum absolute atomic E-state index is 12.4. The Labute approximate surface area is 129 Å². The highest BCUT2D eigenvalue weighted by molar-refractivity contribution is 7.88. The number of carbonyl (C=O) groups is 1. The van der Waals surface area contributed by atoms with Crippen molar-refractivity contribution in [1.29, 1.82) is 0 Å². The van der Waals surface area contributed by atoms with Crippen LogP contribution in [0.3, 0.4) is 0 Å². The zero-order valence-corrected chi connectivity index (χ0v) is 14.0. The van der Waals surface area contributed by atoms with E-state index in [0.717, 1.165) is 42.9 Å². The second-order valence-corrected chi connectivity index (χ2v) is 8.29. The summed E-state index contributed by atoms with van der Waals surface area (Å²) in [7, 11) is -3.17. The summed E-state index contributed by atoms with van der Waals surface area (Å²) in [4.78, 5) is 13.0. The number of hydrogen-bond acceptors (Lipinski definition) is 6. The highest BCUT2D eigenvalue weighted by atomic mass is 32.2. The van der Waals surface area contributed by atoms with Crippen molar-refractivity contribution in [3.8, 4) is 0 Å². The van der Waals surface area contributed by atoms with Gasteiger partial charge in [0, 0.05) is 19.5 Å². The molecule has 0 saturated carbocycles. The molecule has 1 atom stereocenters. The topological polar surface area (TPSA) is 80.2 Å². The Bertz CT molecular complexity index is 598. The van der Waals surface area contributed by atoms with Crippen molar-refractivity contribution in [3.05, 3.63) is 10.6 Å². The molecule has 1 fully saturated rings. The van der Waals surface area contributed by atoms with Gasteiger partial charge in [0.1, 0.15) is 4.88 Å². The van der Waals surface area contributed by atoms with E-state index in [2.05, 4.69) is 9.59 Å². The molecule has 0 radical (unpaired) electrons. The van der Waals surface area contributed by atoms with E-state index in [1.165, 1.54) is 10.6 Å². The van der Waals surface area contributed by atoms with Crippen LogP contribution in [0.1, 0.15) is 48.0 Å². The van der Waals surface area contributed by atoms with Gasteiger partial charge in [-0.1, -0.05) is 17.8 Å². The van der Waals surface area contributed by atoms with Gasteiger partial charge in [0.25, 0.3) is 0 Å². The molecular formula is C13H21N3O3S2. The smallest absolute Gasteiger partial charge is 0.211 e. The lowest BCUT2D eigenvalue weighted by Gasteiger charge is -2.30. The quantitative estimate of drug-likeness (QED) is 0.742. The third-order valence-corrected chi connectivity index (χ3v) is 5.80. The van der Waals surface area contributed by atoms with Crippen LogP contribution in [-0.4, -0.2) is 47.4 Å². The lowest BCUT2D eigenvalue weighted by molar-refractivity contribution is 0.0945. The van der Waals surface area contributed by atoms with Crippen molar-refractivity contribution in [2.24, 2.45) is 5.92 Å². The Kier molecular flexibility index (Phi) is 5.45. The normalized spacial score (nSPS) is 20.6. The number of rotatable bonds is 6. The van der Waals surface area contributed by atoms with Crippen LogP contribution in [0.4, 0.5) is 0 Å². The number of carbonyl (C=O) groups excluding carboxylic acids is 1. The van der Waals surface area contributed by atoms with Crippen molar-refractivity contribution in [3.63, 3.8) is 0 Å². The van der Waals surface area contributed by atoms with Crippen molar-refractivity contribution < 1.29 is 13.2 Å². The number of ketones is 1. The zero-order chi connectivity index (χ0) is 15.5. The van der Waals surface area contributed by atoms with Gasteiger partial charge in [-0.3, -0.25) is 4.79 Å². The molecule has 1 unspecified atom stereocenters. The van der Waals surface area contributed by atoms with E-state index in [4.69, 9.17) is 0 Å². The Balaban J connectivity index is 2.00. The van der Waals surface area contributed by atoms with Crippen molar-refractivity contribution in [1.82, 2.24) is 13.9 Å². The van der Waals surface area contributed by atoms with Crippen LogP contribution < -0.4 is 0 Å². The average molecular weight is 331 g/mol. The minimum absolute atomic E-state index is 0.0498. The van der Waals surface area contributed by atoms with Gasteiger partial charge in [-0.15, -0.1) is 5.10 Å². The third kappa shape index (κ3) is 4.31. The largest absolute Gasteiger partial charge is 0.293 e. The Morgan fingerprint density at radius 2 is 2.24 bits per heavy atom. The van der Waals surface area contributed by atoms with Crippen LogP contribution in [-0.2, 0) is 16.4 Å². The second kappa shape index (κ2) is 6.93. The molecule has 0 bridgehead atoms. The maximum atomic E-state index is 12.4. The summed E-state index contributed by atoms with van der Waals surface area (Å²) in [5, 5.41) is 4.02. The Morgan fingerprint density at radius 3 is 2.90 bits per heavy atom. The average Bonchev–Trinajstić information content (AvgIpc) is 2.87. The van der Waals surface area contributed by atoms with Gasteiger partial charge < -0.3 is 0 Å². The summed E-state index contributed by atoms with van der Waals surface area (Å²) in [5.74, 6) is 0.145. The van der Waals surface area contributed by atoms with Crippen LogP contribution in [0.25, 0.3) is 0 Å². The van der Waals surface area contributed by atoms with E-state index in [1.54, 1.807) is 0 Å². The molecule has 21 heavy (non-hydrogen) atoms. The molecule has 0 aliphatic carbocycles. The molecule has 2 rings (SSSR count). The summed E-state index contributed by atoms with van der Waals surface area (Å²) < 4.78 is 28.6. The molecule has 1 aliphatic heterocycles. The summed E-state index contributed by atoms with van der Waals surface area (Å²) in [6.45, 7) is 3.05. The van der Waals surface area contributed by atoms with Gasteiger partial charge >= 0.3 is 0 Å². The minimum atomic E-state index is -3.17. The molecule has 0 spiro atoms. The molecule has 1 saturated heterocycles. The molecule has 0 aromatic carbocycles. The molecule has 6 nitrogen and oxygen atoms in total. The van der Waals surface area contributed by atoms with Gasteiger partial charge in [0.15, 0.2) is 5.78 Å². The highest BCUT2D eigenvalue weighted by Crippen LogP contribution is 2.25. The maximum Gasteiger partial charge on any atom is 0.211 e. The molecule has 1 aliphatic rings. The Morgan fingerprint density at radius 1 is 1.48 bits per heavy atom. The van der Waals surface area contributed by atoms with E-state index in [1.807, 2.05) is 6.92 Å². The first kappa shape index (κ1) is 16.5. The van der Waals surface area contributed by atoms with E-state index in [9.17, 15) is 13.2 Å². The fourth-order valence-electron chi connectivity index (χ4n) is 2.67. The van der Waals surface area contributed by atoms with Crippen LogP contribution in [0.2, 0.25) is 0 Å². The molecule has 8 heteroatoms. The summed E-state index contributed by atoms with van der Waals surface area (Å²) >= 11 is 1.15. The first-order chi connectivity index (χ1) is 9.91. The molecule has 1 aromatic rings. The van der Waals surface area contributed by atoms with Crippen molar-refractivity contribution >= 4 is 27.3 Å². The van der Waals surface area contributed by atoms with Crippen molar-refractivity contribution in [2.75, 3.05) is 19.3 Å². The van der Waals surface area contributed by atoms with Crippen molar-refractivity contribution in [2.45, 2.75) is 39.0 Å². The van der Waals surface area contributed by atoms with E-state index in [-0.39, 0.29) is 11.7 Å². The first-order valence-electron chi connectivity index (χ1n) is 7.21. The van der Waals surface area contributed by atoms with E-state index < -0.39 is 10.0 Å². The second-order valence-electron chi connectivity index (χ2n) is 5.56. The minimum Gasteiger partial charge on any atom is -0.293 e. The number of hydrogen-bond donors (Lipinski definition) is 0. The molecule has 1 aromatic heterocycles. The predicted molar refractivity (Wildman–Crippen MR) is 82.0 cm³/mol. The van der Waals surface area contributed by atoms with Crippen LogP contribution >= 0.6 is 11.5 Å². The van der Waals surface area contributed by atoms with Crippen LogP contribution in [0, 0.1) is 5.92 Å². The van der Waals surface area contributed by atoms with Crippen LogP contribution in [0.15, 0.2) is 0 Å². The zero-order valence-electron chi connectivity index (χ0n) is 12.4. The van der Waals surface area contributed by atoms with Gasteiger partial charge in [0.2, 0.25) is 10.0 Å². The van der Waals surface area contributed by atoms with Gasteiger partial charge in [-0.2, -0.15) is 0 Å². The van der Waals surface area contributed by atoms with E-state index >= 15 is 0 Å². The monoisotopic (exact) mass is 331 g/mol. The fraction of sp³-hybridized carbons (Fsp3) is 0.769. The predicted octanol–water partition coefficient (Wildman–Crippen LogP) is 1.74. The molecule has 2 heterocycles. The van der Waals surface area contributed by atoms with Crippen LogP contribution in [0.5, 0.6) is 0 Å².